The lowest BCUT2D eigenvalue weighted by Crippen LogP contribution is -2.18. The van der Waals surface area contributed by atoms with Crippen molar-refractivity contribution in [1.29, 1.82) is 0 Å². The van der Waals surface area contributed by atoms with Crippen molar-refractivity contribution in [3.8, 4) is 0 Å². The summed E-state index contributed by atoms with van der Waals surface area (Å²) < 4.78 is 28.3. The molecule has 4 rings (SSSR count). The number of nitrogens with one attached hydrogen (secondary N) is 2. The van der Waals surface area contributed by atoms with Gasteiger partial charge >= 0.3 is 0 Å². The standard InChI is InChI=1S/C19H17F2N3O/c20-14-4-3-5-16-18(14)13(19(25)23-16)11-22-12-6-7-17(15(21)10-12)24-8-1-2-9-24/h3-7,10-11,22H,1-2,8-9H2,(H,23,25)/b13-11+. The van der Waals surface area contributed by atoms with Crippen molar-refractivity contribution in [2.75, 3.05) is 28.6 Å². The molecule has 4 nitrogen and oxygen atoms in total. The number of anilines is 3. The summed E-state index contributed by atoms with van der Waals surface area (Å²) in [4.78, 5) is 14.1. The summed E-state index contributed by atoms with van der Waals surface area (Å²) in [5.74, 6) is -1.17. The van der Waals surface area contributed by atoms with E-state index in [1.807, 2.05) is 4.90 Å². The van der Waals surface area contributed by atoms with Crippen LogP contribution < -0.4 is 15.5 Å². The molecule has 0 aliphatic carbocycles. The minimum atomic E-state index is -0.473. The van der Waals surface area contributed by atoms with Gasteiger partial charge in [-0.3, -0.25) is 4.79 Å². The van der Waals surface area contributed by atoms with E-state index in [1.54, 1.807) is 18.2 Å². The van der Waals surface area contributed by atoms with Gasteiger partial charge < -0.3 is 15.5 Å². The van der Waals surface area contributed by atoms with E-state index >= 15 is 0 Å². The number of hydrogen-bond donors (Lipinski definition) is 2. The second-order valence-electron chi connectivity index (χ2n) is 6.18. The zero-order chi connectivity index (χ0) is 17.4. The van der Waals surface area contributed by atoms with Crippen LogP contribution >= 0.6 is 0 Å². The van der Waals surface area contributed by atoms with Gasteiger partial charge in [0.1, 0.15) is 11.6 Å². The third-order valence-corrected chi connectivity index (χ3v) is 4.55. The lowest BCUT2D eigenvalue weighted by atomic mass is 10.1. The summed E-state index contributed by atoms with van der Waals surface area (Å²) in [5, 5.41) is 5.51. The first kappa shape index (κ1) is 15.6. The molecule has 0 spiro atoms. The van der Waals surface area contributed by atoms with Crippen LogP contribution in [0.4, 0.5) is 25.8 Å². The van der Waals surface area contributed by atoms with Gasteiger partial charge in [-0.1, -0.05) is 6.07 Å². The van der Waals surface area contributed by atoms with Crippen LogP contribution in [0.2, 0.25) is 0 Å². The Morgan fingerprint density at radius 2 is 1.88 bits per heavy atom. The van der Waals surface area contributed by atoms with E-state index in [2.05, 4.69) is 10.6 Å². The third kappa shape index (κ3) is 2.84. The molecule has 0 saturated carbocycles. The fraction of sp³-hybridized carbons (Fsp3) is 0.211. The van der Waals surface area contributed by atoms with Crippen molar-refractivity contribution in [3.63, 3.8) is 0 Å². The number of halogens is 2. The Bertz CT molecular complexity index is 873. The van der Waals surface area contributed by atoms with Gasteiger partial charge in [0.25, 0.3) is 5.91 Å². The number of benzene rings is 2. The maximum absolute atomic E-state index is 14.3. The Balaban J connectivity index is 1.58. The van der Waals surface area contributed by atoms with E-state index in [-0.39, 0.29) is 22.9 Å². The van der Waals surface area contributed by atoms with E-state index in [4.69, 9.17) is 0 Å². The SMILES string of the molecule is O=C1Nc2cccc(F)c2/C1=C\Nc1ccc(N2CCCC2)c(F)c1. The van der Waals surface area contributed by atoms with Gasteiger partial charge in [0.05, 0.1) is 16.9 Å². The molecule has 25 heavy (non-hydrogen) atoms. The zero-order valence-corrected chi connectivity index (χ0v) is 13.5. The first-order valence-electron chi connectivity index (χ1n) is 8.25. The van der Waals surface area contributed by atoms with Crippen LogP contribution in [0.3, 0.4) is 0 Å². The molecule has 2 aromatic rings. The van der Waals surface area contributed by atoms with Gasteiger partial charge in [-0.15, -0.1) is 0 Å². The highest BCUT2D eigenvalue weighted by atomic mass is 19.1. The molecular formula is C19H17F2N3O. The molecule has 6 heteroatoms. The van der Waals surface area contributed by atoms with E-state index < -0.39 is 5.82 Å². The average molecular weight is 341 g/mol. The first-order chi connectivity index (χ1) is 12.1. The van der Waals surface area contributed by atoms with Gasteiger partial charge in [0.2, 0.25) is 0 Å². The minimum Gasteiger partial charge on any atom is -0.369 e. The van der Waals surface area contributed by atoms with Crippen LogP contribution in [0.25, 0.3) is 5.57 Å². The molecule has 2 N–H and O–H groups in total. The summed E-state index contributed by atoms with van der Waals surface area (Å²) in [5.41, 5.74) is 1.95. The highest BCUT2D eigenvalue weighted by molar-refractivity contribution is 6.31. The summed E-state index contributed by atoms with van der Waals surface area (Å²) >= 11 is 0. The quantitative estimate of drug-likeness (QED) is 0.831. The summed E-state index contributed by atoms with van der Waals surface area (Å²) in [7, 11) is 0. The van der Waals surface area contributed by atoms with Crippen molar-refractivity contribution in [2.45, 2.75) is 12.8 Å². The topological polar surface area (TPSA) is 44.4 Å². The van der Waals surface area contributed by atoms with Crippen molar-refractivity contribution in [2.24, 2.45) is 0 Å². The molecule has 0 aromatic heterocycles. The van der Waals surface area contributed by atoms with Gasteiger partial charge in [-0.2, -0.15) is 0 Å². The van der Waals surface area contributed by atoms with Crippen molar-refractivity contribution < 1.29 is 13.6 Å². The largest absolute Gasteiger partial charge is 0.369 e. The monoisotopic (exact) mass is 341 g/mol. The number of rotatable bonds is 3. The van der Waals surface area contributed by atoms with E-state index in [9.17, 15) is 13.6 Å². The van der Waals surface area contributed by atoms with E-state index in [0.717, 1.165) is 25.9 Å². The lowest BCUT2D eigenvalue weighted by Gasteiger charge is -2.18. The van der Waals surface area contributed by atoms with E-state index in [0.29, 0.717) is 17.1 Å². The predicted octanol–water partition coefficient (Wildman–Crippen LogP) is 3.97. The molecular weight excluding hydrogens is 324 g/mol. The number of fused-ring (bicyclic) bond motifs is 1. The summed E-state index contributed by atoms with van der Waals surface area (Å²) in [6.07, 6.45) is 3.56. The maximum atomic E-state index is 14.3. The molecule has 2 aliphatic heterocycles. The molecule has 1 amide bonds. The van der Waals surface area contributed by atoms with Crippen LogP contribution in [-0.2, 0) is 4.79 Å². The molecule has 0 atom stereocenters. The Morgan fingerprint density at radius 1 is 1.08 bits per heavy atom. The van der Waals surface area contributed by atoms with Crippen molar-refractivity contribution in [1.82, 2.24) is 0 Å². The molecule has 0 radical (unpaired) electrons. The molecule has 128 valence electrons. The van der Waals surface area contributed by atoms with Crippen LogP contribution in [0.15, 0.2) is 42.6 Å². The fourth-order valence-corrected chi connectivity index (χ4v) is 3.31. The second kappa shape index (κ2) is 6.20. The summed E-state index contributed by atoms with van der Waals surface area (Å²) in [6, 6.07) is 9.35. The van der Waals surface area contributed by atoms with Crippen molar-refractivity contribution in [3.05, 3.63) is 59.8 Å². The number of carbonyl (C=O) groups excluding carboxylic acids is 1. The zero-order valence-electron chi connectivity index (χ0n) is 13.5. The average Bonchev–Trinajstić information content (AvgIpc) is 3.21. The molecule has 2 aliphatic rings. The molecule has 1 saturated heterocycles. The normalized spacial score (nSPS) is 17.8. The number of amides is 1. The molecule has 0 bridgehead atoms. The maximum Gasteiger partial charge on any atom is 0.257 e. The highest BCUT2D eigenvalue weighted by Gasteiger charge is 2.27. The van der Waals surface area contributed by atoms with Gasteiger partial charge in [0, 0.05) is 30.5 Å². The molecule has 1 fully saturated rings. The van der Waals surface area contributed by atoms with Gasteiger partial charge in [-0.05, 0) is 43.2 Å². The Morgan fingerprint density at radius 3 is 2.64 bits per heavy atom. The minimum absolute atomic E-state index is 0.192. The van der Waals surface area contributed by atoms with Gasteiger partial charge in [0.15, 0.2) is 0 Å². The number of carbonyl (C=O) groups is 1. The molecule has 2 heterocycles. The van der Waals surface area contributed by atoms with Crippen LogP contribution in [0, 0.1) is 11.6 Å². The molecule has 0 unspecified atom stereocenters. The third-order valence-electron chi connectivity index (χ3n) is 4.55. The second-order valence-corrected chi connectivity index (χ2v) is 6.18. The summed E-state index contributed by atoms with van der Waals surface area (Å²) in [6.45, 7) is 1.73. The Hall–Kier alpha value is -2.89. The first-order valence-corrected chi connectivity index (χ1v) is 8.25. The van der Waals surface area contributed by atoms with Crippen LogP contribution in [0.5, 0.6) is 0 Å². The number of hydrogen-bond acceptors (Lipinski definition) is 3. The fourth-order valence-electron chi connectivity index (χ4n) is 3.31. The van der Waals surface area contributed by atoms with Crippen molar-refractivity contribution >= 4 is 28.5 Å². The Labute approximate surface area is 144 Å². The van der Waals surface area contributed by atoms with Crippen LogP contribution in [-0.4, -0.2) is 19.0 Å². The van der Waals surface area contributed by atoms with Gasteiger partial charge in [-0.25, -0.2) is 8.78 Å². The number of nitrogens with zero attached hydrogens (tertiary/aromatic N) is 1. The highest BCUT2D eigenvalue weighted by Crippen LogP contribution is 2.34. The predicted molar refractivity (Wildman–Crippen MR) is 94.5 cm³/mol. The Kier molecular flexibility index (Phi) is 3.87. The van der Waals surface area contributed by atoms with Crippen LogP contribution in [0.1, 0.15) is 18.4 Å². The van der Waals surface area contributed by atoms with E-state index in [1.165, 1.54) is 24.4 Å². The smallest absolute Gasteiger partial charge is 0.257 e. The molecule has 2 aromatic carbocycles. The lowest BCUT2D eigenvalue weighted by molar-refractivity contribution is -0.110.